The number of carbonyl (C=O) groups excluding carboxylic acids is 2. The number of Topliss-reactive ketones (excluding diaryl/α,β-unsaturated/α-hetero) is 1. The minimum atomic E-state index is -0.593. The second-order valence-electron chi connectivity index (χ2n) is 8.53. The van der Waals surface area contributed by atoms with Crippen LogP contribution >= 0.6 is 34.2 Å². The van der Waals surface area contributed by atoms with Crippen LogP contribution in [-0.2, 0) is 4.74 Å². The van der Waals surface area contributed by atoms with Crippen LogP contribution in [0.2, 0.25) is 5.15 Å². The van der Waals surface area contributed by atoms with Gasteiger partial charge in [-0.2, -0.15) is 0 Å². The molecule has 2 aromatic rings. The minimum absolute atomic E-state index is 0.0975. The van der Waals surface area contributed by atoms with Crippen LogP contribution in [0.4, 0.5) is 4.79 Å². The molecule has 154 valence electrons. The number of fused-ring (bicyclic) bond motifs is 1. The van der Waals surface area contributed by atoms with E-state index in [0.717, 1.165) is 8.96 Å². The van der Waals surface area contributed by atoms with Gasteiger partial charge in [-0.05, 0) is 68.0 Å². The lowest BCUT2D eigenvalue weighted by Crippen LogP contribution is -2.58. The quantitative estimate of drug-likeness (QED) is 0.364. The molecule has 2 fully saturated rings. The monoisotopic (exact) mass is 528 g/mol. The number of rotatable bonds is 2. The van der Waals surface area contributed by atoms with Crippen LogP contribution in [0.5, 0.6) is 0 Å². The summed E-state index contributed by atoms with van der Waals surface area (Å²) in [6.45, 7) is 7.21. The van der Waals surface area contributed by atoms with E-state index < -0.39 is 11.1 Å². The van der Waals surface area contributed by atoms with E-state index in [0.29, 0.717) is 31.6 Å². The first kappa shape index (κ1) is 20.7. The molecule has 1 aromatic carbocycles. The maximum atomic E-state index is 13.2. The van der Waals surface area contributed by atoms with Gasteiger partial charge in [-0.1, -0.05) is 11.6 Å². The van der Waals surface area contributed by atoms with Gasteiger partial charge in [-0.3, -0.25) is 9.69 Å². The number of aromatic nitrogens is 2. The fraction of sp³-hybridized carbons (Fsp3) is 0.500. The Bertz CT molecular complexity index is 1010. The molecule has 1 amide bonds. The van der Waals surface area contributed by atoms with E-state index in [1.165, 1.54) is 0 Å². The van der Waals surface area contributed by atoms with Crippen LogP contribution < -0.4 is 5.32 Å². The molecule has 9 heteroatoms. The Balaban J connectivity index is 1.61. The van der Waals surface area contributed by atoms with E-state index in [-0.39, 0.29) is 28.8 Å². The fourth-order valence-corrected chi connectivity index (χ4v) is 4.58. The zero-order chi connectivity index (χ0) is 21.0. The van der Waals surface area contributed by atoms with Crippen molar-refractivity contribution < 1.29 is 14.3 Å². The number of nitrogens with one attached hydrogen (secondary N) is 1. The zero-order valence-corrected chi connectivity index (χ0v) is 19.4. The summed E-state index contributed by atoms with van der Waals surface area (Å²) >= 11 is 8.52. The van der Waals surface area contributed by atoms with Crippen molar-refractivity contribution in [2.75, 3.05) is 19.6 Å². The number of nitrogens with zero attached hydrogens (tertiary/aromatic N) is 3. The fourth-order valence-electron chi connectivity index (χ4n) is 3.86. The van der Waals surface area contributed by atoms with E-state index in [1.807, 2.05) is 39.0 Å². The largest absolute Gasteiger partial charge is 0.444 e. The van der Waals surface area contributed by atoms with Gasteiger partial charge in [0.2, 0.25) is 5.78 Å². The van der Waals surface area contributed by atoms with Crippen LogP contribution in [0, 0.1) is 9.49 Å². The number of amides is 1. The number of ketones is 1. The van der Waals surface area contributed by atoms with E-state index in [1.54, 1.807) is 4.90 Å². The van der Waals surface area contributed by atoms with Crippen molar-refractivity contribution in [2.45, 2.75) is 38.3 Å². The van der Waals surface area contributed by atoms with Crippen LogP contribution in [0.3, 0.4) is 0 Å². The Kier molecular flexibility index (Phi) is 5.23. The van der Waals surface area contributed by atoms with E-state index in [4.69, 9.17) is 16.3 Å². The van der Waals surface area contributed by atoms with Gasteiger partial charge in [-0.25, -0.2) is 14.8 Å². The number of carbonyl (C=O) groups is 2. The molecular formula is C20H22ClIN4O3. The number of hydrogen-bond donors (Lipinski definition) is 1. The van der Waals surface area contributed by atoms with Gasteiger partial charge in [0.15, 0.2) is 5.82 Å². The summed E-state index contributed by atoms with van der Waals surface area (Å²) < 4.78 is 6.59. The molecule has 4 rings (SSSR count). The van der Waals surface area contributed by atoms with Crippen LogP contribution in [0.15, 0.2) is 18.2 Å². The SMILES string of the molecule is CC(C)(C)OC(=O)N1CCNCC12CC2C(=O)c1nc(Cl)c2cc(I)ccc2n1. The molecule has 0 radical (unpaired) electrons. The summed E-state index contributed by atoms with van der Waals surface area (Å²) in [6.07, 6.45) is 0.172. The molecule has 1 aliphatic carbocycles. The lowest BCUT2D eigenvalue weighted by atomic mass is 10.1. The molecule has 2 unspecified atom stereocenters. The highest BCUT2D eigenvalue weighted by Gasteiger charge is 2.64. The number of halogens is 2. The molecule has 1 spiro atoms. The van der Waals surface area contributed by atoms with Crippen molar-refractivity contribution in [1.29, 1.82) is 0 Å². The van der Waals surface area contributed by atoms with Crippen molar-refractivity contribution in [3.05, 3.63) is 32.7 Å². The smallest absolute Gasteiger partial charge is 0.410 e. The molecule has 2 aliphatic rings. The predicted octanol–water partition coefficient (Wildman–Crippen LogP) is 3.67. The number of piperazine rings is 1. The zero-order valence-electron chi connectivity index (χ0n) is 16.5. The van der Waals surface area contributed by atoms with Crippen LogP contribution in [-0.4, -0.2) is 57.5 Å². The highest BCUT2D eigenvalue weighted by Crippen LogP contribution is 2.51. The second kappa shape index (κ2) is 7.31. The Morgan fingerprint density at radius 1 is 1.34 bits per heavy atom. The highest BCUT2D eigenvalue weighted by molar-refractivity contribution is 14.1. The third-order valence-electron chi connectivity index (χ3n) is 5.29. The van der Waals surface area contributed by atoms with Gasteiger partial charge in [0.1, 0.15) is 10.8 Å². The first-order valence-electron chi connectivity index (χ1n) is 9.49. The van der Waals surface area contributed by atoms with Gasteiger partial charge in [0.05, 0.1) is 17.0 Å². The minimum Gasteiger partial charge on any atom is -0.444 e. The molecule has 1 aliphatic heterocycles. The maximum absolute atomic E-state index is 13.2. The van der Waals surface area contributed by atoms with Crippen molar-refractivity contribution in [3.63, 3.8) is 0 Å². The summed E-state index contributed by atoms with van der Waals surface area (Å²) in [6, 6.07) is 5.63. The van der Waals surface area contributed by atoms with Gasteiger partial charge in [-0.15, -0.1) is 0 Å². The molecule has 1 saturated heterocycles. The Morgan fingerprint density at radius 3 is 2.83 bits per heavy atom. The Morgan fingerprint density at radius 2 is 2.10 bits per heavy atom. The van der Waals surface area contributed by atoms with Crippen molar-refractivity contribution in [1.82, 2.24) is 20.2 Å². The molecule has 29 heavy (non-hydrogen) atoms. The van der Waals surface area contributed by atoms with E-state index in [2.05, 4.69) is 37.9 Å². The molecule has 7 nitrogen and oxygen atoms in total. The van der Waals surface area contributed by atoms with Crippen molar-refractivity contribution in [2.24, 2.45) is 5.92 Å². The van der Waals surface area contributed by atoms with Crippen LogP contribution in [0.1, 0.15) is 37.8 Å². The third kappa shape index (κ3) is 3.94. The molecule has 1 aromatic heterocycles. The van der Waals surface area contributed by atoms with Crippen molar-refractivity contribution >= 4 is 57.0 Å². The van der Waals surface area contributed by atoms with E-state index >= 15 is 0 Å². The summed E-state index contributed by atoms with van der Waals surface area (Å²) in [7, 11) is 0. The van der Waals surface area contributed by atoms with Crippen LogP contribution in [0.25, 0.3) is 10.9 Å². The molecule has 1 saturated carbocycles. The summed E-state index contributed by atoms with van der Waals surface area (Å²) in [4.78, 5) is 36.3. The maximum Gasteiger partial charge on any atom is 0.410 e. The normalized spacial score (nSPS) is 24.0. The Labute approximate surface area is 187 Å². The van der Waals surface area contributed by atoms with Gasteiger partial charge in [0, 0.05) is 28.6 Å². The van der Waals surface area contributed by atoms with Gasteiger partial charge < -0.3 is 10.1 Å². The average Bonchev–Trinajstić information content (AvgIpc) is 3.34. The first-order chi connectivity index (χ1) is 13.6. The number of ether oxygens (including phenoxy) is 1. The third-order valence-corrected chi connectivity index (χ3v) is 6.25. The second-order valence-corrected chi connectivity index (χ2v) is 10.1. The van der Waals surface area contributed by atoms with E-state index in [9.17, 15) is 9.59 Å². The standard InChI is InChI=1S/C20H22ClIN4O3/c1-19(2,3)29-18(28)26-7-6-23-10-20(26)9-13(20)15(27)17-24-14-5-4-11(22)8-12(14)16(21)25-17/h4-5,8,13,23H,6-7,9-10H2,1-3H3. The first-order valence-corrected chi connectivity index (χ1v) is 10.9. The number of hydrogen-bond acceptors (Lipinski definition) is 6. The lowest BCUT2D eigenvalue weighted by Gasteiger charge is -2.38. The topological polar surface area (TPSA) is 84.4 Å². The molecule has 2 atom stereocenters. The average molecular weight is 529 g/mol. The van der Waals surface area contributed by atoms with Crippen molar-refractivity contribution in [3.8, 4) is 0 Å². The molecule has 1 N–H and O–H groups in total. The van der Waals surface area contributed by atoms with Gasteiger partial charge >= 0.3 is 6.09 Å². The molecule has 2 heterocycles. The molecule has 0 bridgehead atoms. The highest BCUT2D eigenvalue weighted by atomic mass is 127. The summed E-state index contributed by atoms with van der Waals surface area (Å²) in [5.74, 6) is -0.468. The summed E-state index contributed by atoms with van der Waals surface area (Å²) in [5.41, 5.74) is -0.548. The Hall–Kier alpha value is -1.52. The van der Waals surface area contributed by atoms with Gasteiger partial charge in [0.25, 0.3) is 0 Å². The number of benzene rings is 1. The molecular weight excluding hydrogens is 507 g/mol. The predicted molar refractivity (Wildman–Crippen MR) is 118 cm³/mol. The lowest BCUT2D eigenvalue weighted by molar-refractivity contribution is 0.00642. The summed E-state index contributed by atoms with van der Waals surface area (Å²) in [5, 5.41) is 4.28.